The first-order chi connectivity index (χ1) is 6.27. The summed E-state index contributed by atoms with van der Waals surface area (Å²) in [5.41, 5.74) is 6.84. The molecule has 1 fully saturated rings. The number of ether oxygens (including phenoxy) is 1. The number of anilines is 1. The van der Waals surface area contributed by atoms with Crippen LogP contribution in [0.5, 0.6) is 0 Å². The molecule has 0 bridgehead atoms. The maximum Gasteiger partial charge on any atom is 0.174 e. The summed E-state index contributed by atoms with van der Waals surface area (Å²) < 4.78 is 5.43. The summed E-state index contributed by atoms with van der Waals surface area (Å²) in [5, 5.41) is 7.92. The molecule has 1 saturated heterocycles. The van der Waals surface area contributed by atoms with Crippen LogP contribution in [0.4, 0.5) is 5.69 Å². The van der Waals surface area contributed by atoms with Crippen molar-refractivity contribution in [2.45, 2.75) is 18.9 Å². The molecule has 13 heavy (non-hydrogen) atoms. The highest BCUT2D eigenvalue weighted by molar-refractivity contribution is 6.31. The molecule has 0 radical (unpaired) electrons. The average Bonchev–Trinajstić information content (AvgIpc) is 2.62. The fourth-order valence-electron chi connectivity index (χ4n) is 1.38. The predicted molar refractivity (Wildman–Crippen MR) is 49.4 cm³/mol. The van der Waals surface area contributed by atoms with Crippen molar-refractivity contribution in [2.24, 2.45) is 0 Å². The Morgan fingerprint density at radius 2 is 2.38 bits per heavy atom. The van der Waals surface area contributed by atoms with Gasteiger partial charge < -0.3 is 10.5 Å². The summed E-state index contributed by atoms with van der Waals surface area (Å²) in [6.07, 6.45) is 2.09. The van der Waals surface area contributed by atoms with Crippen LogP contribution in [0.25, 0.3) is 0 Å². The van der Waals surface area contributed by atoms with Gasteiger partial charge in [0.1, 0.15) is 6.10 Å². The van der Waals surface area contributed by atoms with Gasteiger partial charge in [-0.2, -0.15) is 5.10 Å². The lowest BCUT2D eigenvalue weighted by atomic mass is 10.2. The SMILES string of the molecule is Nc1cc(C2CCCO2)nnc1Cl. The summed E-state index contributed by atoms with van der Waals surface area (Å²) in [6, 6.07) is 1.73. The van der Waals surface area contributed by atoms with Gasteiger partial charge in [0.25, 0.3) is 0 Å². The van der Waals surface area contributed by atoms with Gasteiger partial charge in [-0.05, 0) is 18.9 Å². The summed E-state index contributed by atoms with van der Waals surface area (Å²) in [6.45, 7) is 0.787. The van der Waals surface area contributed by atoms with Crippen LogP contribution in [0.1, 0.15) is 24.6 Å². The van der Waals surface area contributed by atoms with Crippen LogP contribution in [0.15, 0.2) is 6.07 Å². The Morgan fingerprint density at radius 1 is 1.54 bits per heavy atom. The van der Waals surface area contributed by atoms with Crippen molar-refractivity contribution in [3.8, 4) is 0 Å². The van der Waals surface area contributed by atoms with Gasteiger partial charge in [-0.1, -0.05) is 11.6 Å². The number of nitrogen functional groups attached to an aromatic ring is 1. The van der Waals surface area contributed by atoms with Gasteiger partial charge in [0, 0.05) is 6.61 Å². The van der Waals surface area contributed by atoms with Gasteiger partial charge in [-0.3, -0.25) is 0 Å². The molecule has 1 aromatic heterocycles. The topological polar surface area (TPSA) is 61.0 Å². The second-order valence-electron chi connectivity index (χ2n) is 3.02. The number of halogens is 1. The highest BCUT2D eigenvalue weighted by atomic mass is 35.5. The van der Waals surface area contributed by atoms with E-state index >= 15 is 0 Å². The van der Waals surface area contributed by atoms with Crippen LogP contribution in [-0.4, -0.2) is 16.8 Å². The lowest BCUT2D eigenvalue weighted by Crippen LogP contribution is -2.03. The van der Waals surface area contributed by atoms with E-state index in [0.717, 1.165) is 25.1 Å². The maximum atomic E-state index is 5.65. The van der Waals surface area contributed by atoms with E-state index in [1.165, 1.54) is 0 Å². The van der Waals surface area contributed by atoms with Crippen LogP contribution in [0, 0.1) is 0 Å². The average molecular weight is 200 g/mol. The van der Waals surface area contributed by atoms with E-state index < -0.39 is 0 Å². The van der Waals surface area contributed by atoms with Gasteiger partial charge in [-0.15, -0.1) is 5.10 Å². The molecule has 0 saturated carbocycles. The normalized spacial score (nSPS) is 22.1. The minimum absolute atomic E-state index is 0.0482. The number of hydrogen-bond acceptors (Lipinski definition) is 4. The van der Waals surface area contributed by atoms with Crippen molar-refractivity contribution >= 4 is 17.3 Å². The van der Waals surface area contributed by atoms with E-state index in [9.17, 15) is 0 Å². The first-order valence-corrected chi connectivity index (χ1v) is 4.55. The third kappa shape index (κ3) is 1.73. The standard InChI is InChI=1S/C8H10ClN3O/c9-8-5(10)4-6(11-12-8)7-2-1-3-13-7/h4,7H,1-3H2,(H2,10,11). The number of nitrogens with zero attached hydrogens (tertiary/aromatic N) is 2. The van der Waals surface area contributed by atoms with E-state index in [4.69, 9.17) is 22.1 Å². The number of hydrogen-bond donors (Lipinski definition) is 1. The van der Waals surface area contributed by atoms with Gasteiger partial charge in [-0.25, -0.2) is 0 Å². The molecule has 0 amide bonds. The fraction of sp³-hybridized carbons (Fsp3) is 0.500. The predicted octanol–water partition coefficient (Wildman–Crippen LogP) is 1.56. The smallest absolute Gasteiger partial charge is 0.174 e. The monoisotopic (exact) mass is 199 g/mol. The van der Waals surface area contributed by atoms with Crippen molar-refractivity contribution in [1.29, 1.82) is 0 Å². The molecule has 2 rings (SSSR count). The zero-order valence-corrected chi connectivity index (χ0v) is 7.79. The van der Waals surface area contributed by atoms with Crippen LogP contribution in [0.3, 0.4) is 0 Å². The van der Waals surface area contributed by atoms with E-state index in [0.29, 0.717) is 5.69 Å². The lowest BCUT2D eigenvalue weighted by Gasteiger charge is -2.08. The molecule has 1 aliphatic heterocycles. The lowest BCUT2D eigenvalue weighted by molar-refractivity contribution is 0.108. The molecule has 1 aliphatic rings. The minimum atomic E-state index is 0.0482. The maximum absolute atomic E-state index is 5.65. The second-order valence-corrected chi connectivity index (χ2v) is 3.38. The molecule has 4 nitrogen and oxygen atoms in total. The number of rotatable bonds is 1. The zero-order valence-electron chi connectivity index (χ0n) is 7.03. The Kier molecular flexibility index (Phi) is 2.33. The Morgan fingerprint density at radius 3 is 3.00 bits per heavy atom. The highest BCUT2D eigenvalue weighted by Gasteiger charge is 2.20. The molecule has 2 N–H and O–H groups in total. The molecular formula is C8H10ClN3O. The van der Waals surface area contributed by atoms with Crippen molar-refractivity contribution in [3.63, 3.8) is 0 Å². The van der Waals surface area contributed by atoms with Crippen molar-refractivity contribution in [1.82, 2.24) is 10.2 Å². The zero-order chi connectivity index (χ0) is 9.26. The Labute approximate surface area is 81.0 Å². The quantitative estimate of drug-likeness (QED) is 0.746. The Balaban J connectivity index is 2.25. The van der Waals surface area contributed by atoms with Crippen LogP contribution in [-0.2, 0) is 4.74 Å². The van der Waals surface area contributed by atoms with Crippen molar-refractivity contribution < 1.29 is 4.74 Å². The third-order valence-corrected chi connectivity index (χ3v) is 2.35. The third-order valence-electron chi connectivity index (χ3n) is 2.05. The molecule has 0 spiro atoms. The first-order valence-electron chi connectivity index (χ1n) is 4.17. The first kappa shape index (κ1) is 8.72. The van der Waals surface area contributed by atoms with Crippen LogP contribution < -0.4 is 5.73 Å². The molecule has 0 aliphatic carbocycles. The molecular weight excluding hydrogens is 190 g/mol. The summed E-state index contributed by atoms with van der Waals surface area (Å²) in [7, 11) is 0. The highest BCUT2D eigenvalue weighted by Crippen LogP contribution is 2.28. The minimum Gasteiger partial charge on any atom is -0.396 e. The van der Waals surface area contributed by atoms with E-state index in [1.54, 1.807) is 6.07 Å². The molecule has 1 atom stereocenters. The van der Waals surface area contributed by atoms with Crippen molar-refractivity contribution in [3.05, 3.63) is 16.9 Å². The van der Waals surface area contributed by atoms with Crippen molar-refractivity contribution in [2.75, 3.05) is 12.3 Å². The molecule has 5 heteroatoms. The van der Waals surface area contributed by atoms with Crippen LogP contribution >= 0.6 is 11.6 Å². The van der Waals surface area contributed by atoms with Gasteiger partial charge in [0.05, 0.1) is 11.4 Å². The van der Waals surface area contributed by atoms with E-state index in [-0.39, 0.29) is 11.3 Å². The molecule has 1 unspecified atom stereocenters. The molecule has 2 heterocycles. The fourth-order valence-corrected chi connectivity index (χ4v) is 1.47. The van der Waals surface area contributed by atoms with E-state index in [2.05, 4.69) is 10.2 Å². The van der Waals surface area contributed by atoms with Gasteiger partial charge in [0.15, 0.2) is 5.15 Å². The Hall–Kier alpha value is -0.870. The summed E-state index contributed by atoms with van der Waals surface area (Å²) in [5.74, 6) is 0. The number of aromatic nitrogens is 2. The molecule has 1 aromatic rings. The van der Waals surface area contributed by atoms with Gasteiger partial charge >= 0.3 is 0 Å². The molecule has 70 valence electrons. The summed E-state index contributed by atoms with van der Waals surface area (Å²) >= 11 is 5.65. The Bertz CT molecular complexity index is 312. The summed E-state index contributed by atoms with van der Waals surface area (Å²) in [4.78, 5) is 0. The van der Waals surface area contributed by atoms with Crippen LogP contribution in [0.2, 0.25) is 5.15 Å². The van der Waals surface area contributed by atoms with E-state index in [1.807, 2.05) is 0 Å². The van der Waals surface area contributed by atoms with Gasteiger partial charge in [0.2, 0.25) is 0 Å². The molecule has 0 aromatic carbocycles. The second kappa shape index (κ2) is 3.47. The largest absolute Gasteiger partial charge is 0.396 e. The number of nitrogens with two attached hydrogens (primary N) is 1.